The van der Waals surface area contributed by atoms with Crippen LogP contribution in [0, 0.1) is 0 Å². The van der Waals surface area contributed by atoms with Crippen molar-refractivity contribution in [2.24, 2.45) is 5.73 Å². The van der Waals surface area contributed by atoms with Crippen molar-refractivity contribution in [2.75, 3.05) is 12.4 Å². The number of amides is 2. The summed E-state index contributed by atoms with van der Waals surface area (Å²) in [6.07, 6.45) is 3.53. The van der Waals surface area contributed by atoms with E-state index in [1.165, 1.54) is 7.11 Å². The molecule has 6 nitrogen and oxygen atoms in total. The van der Waals surface area contributed by atoms with Crippen LogP contribution < -0.4 is 11.1 Å². The fourth-order valence-electron chi connectivity index (χ4n) is 3.67. The zero-order chi connectivity index (χ0) is 19.9. The number of anilines is 1. The highest BCUT2D eigenvalue weighted by molar-refractivity contribution is 5.94. The zero-order valence-corrected chi connectivity index (χ0v) is 16.1. The van der Waals surface area contributed by atoms with Crippen LogP contribution in [0.25, 0.3) is 0 Å². The standard InChI is InChI=1S/C22H27N3O3/c1-28-22(27)24-18-13-11-16(12-14-18)15-25(20-10-6-5-9-19(20)23)21(26)17-7-3-2-4-8-17/h2-4,7-8,11-14,19-20H,5-6,9-10,15,23H2,1H3,(H,24,27). The Labute approximate surface area is 165 Å². The number of hydrogen-bond acceptors (Lipinski definition) is 4. The summed E-state index contributed by atoms with van der Waals surface area (Å²) in [6.45, 7) is 0.477. The molecule has 0 aliphatic heterocycles. The number of rotatable bonds is 5. The molecule has 0 radical (unpaired) electrons. The summed E-state index contributed by atoms with van der Waals surface area (Å²) in [5, 5.41) is 2.63. The lowest BCUT2D eigenvalue weighted by Gasteiger charge is -2.38. The molecule has 3 rings (SSSR count). The summed E-state index contributed by atoms with van der Waals surface area (Å²) < 4.78 is 4.60. The van der Waals surface area contributed by atoms with E-state index in [-0.39, 0.29) is 18.0 Å². The lowest BCUT2D eigenvalue weighted by atomic mass is 9.89. The molecule has 0 heterocycles. The Morgan fingerprint density at radius 3 is 2.39 bits per heavy atom. The van der Waals surface area contributed by atoms with Crippen molar-refractivity contribution in [2.45, 2.75) is 44.3 Å². The van der Waals surface area contributed by atoms with Crippen molar-refractivity contribution in [3.05, 3.63) is 65.7 Å². The second kappa shape index (κ2) is 9.37. The fraction of sp³-hybridized carbons (Fsp3) is 0.364. The molecule has 0 spiro atoms. The van der Waals surface area contributed by atoms with E-state index in [9.17, 15) is 9.59 Å². The van der Waals surface area contributed by atoms with Crippen LogP contribution in [0.2, 0.25) is 0 Å². The summed E-state index contributed by atoms with van der Waals surface area (Å²) >= 11 is 0. The largest absolute Gasteiger partial charge is 0.453 e. The Kier molecular flexibility index (Phi) is 6.66. The molecule has 3 N–H and O–H groups in total. The minimum atomic E-state index is -0.512. The summed E-state index contributed by atoms with van der Waals surface area (Å²) in [6, 6.07) is 16.8. The molecule has 0 saturated heterocycles. The van der Waals surface area contributed by atoms with E-state index < -0.39 is 6.09 Å². The molecule has 1 fully saturated rings. The highest BCUT2D eigenvalue weighted by Crippen LogP contribution is 2.25. The first-order chi connectivity index (χ1) is 13.6. The Balaban J connectivity index is 1.80. The Hall–Kier alpha value is -2.86. The fourth-order valence-corrected chi connectivity index (χ4v) is 3.67. The third-order valence-corrected chi connectivity index (χ3v) is 5.20. The molecule has 2 aromatic rings. The molecule has 1 saturated carbocycles. The van der Waals surface area contributed by atoms with Crippen LogP contribution in [-0.2, 0) is 11.3 Å². The first-order valence-corrected chi connectivity index (χ1v) is 9.64. The van der Waals surface area contributed by atoms with Crippen LogP contribution in [0.1, 0.15) is 41.6 Å². The summed E-state index contributed by atoms with van der Waals surface area (Å²) in [4.78, 5) is 26.5. The summed E-state index contributed by atoms with van der Waals surface area (Å²) in [5.41, 5.74) is 8.69. The van der Waals surface area contributed by atoms with Gasteiger partial charge in [0.2, 0.25) is 0 Å². The second-order valence-corrected chi connectivity index (χ2v) is 7.13. The number of benzene rings is 2. The van der Waals surface area contributed by atoms with Crippen molar-refractivity contribution >= 4 is 17.7 Å². The third kappa shape index (κ3) is 4.89. The van der Waals surface area contributed by atoms with Crippen LogP contribution in [0.5, 0.6) is 0 Å². The second-order valence-electron chi connectivity index (χ2n) is 7.13. The molecule has 1 aliphatic rings. The van der Waals surface area contributed by atoms with Gasteiger partial charge in [0.1, 0.15) is 0 Å². The maximum Gasteiger partial charge on any atom is 0.411 e. The molecular weight excluding hydrogens is 354 g/mol. The van der Waals surface area contributed by atoms with Gasteiger partial charge in [-0.15, -0.1) is 0 Å². The van der Waals surface area contributed by atoms with Gasteiger partial charge in [0.25, 0.3) is 5.91 Å². The van der Waals surface area contributed by atoms with Crippen molar-refractivity contribution in [1.29, 1.82) is 0 Å². The van der Waals surface area contributed by atoms with Gasteiger partial charge in [-0.3, -0.25) is 10.1 Å². The molecule has 28 heavy (non-hydrogen) atoms. The monoisotopic (exact) mass is 381 g/mol. The van der Waals surface area contributed by atoms with E-state index >= 15 is 0 Å². The average molecular weight is 381 g/mol. The van der Waals surface area contributed by atoms with E-state index in [1.807, 2.05) is 47.4 Å². The number of nitrogens with one attached hydrogen (secondary N) is 1. The molecule has 0 bridgehead atoms. The predicted molar refractivity (Wildman–Crippen MR) is 109 cm³/mol. The zero-order valence-electron chi connectivity index (χ0n) is 16.1. The van der Waals surface area contributed by atoms with Gasteiger partial charge in [0.15, 0.2) is 0 Å². The molecule has 2 unspecified atom stereocenters. The maximum atomic E-state index is 13.2. The molecule has 2 aromatic carbocycles. The van der Waals surface area contributed by atoms with Crippen LogP contribution in [0.4, 0.5) is 10.5 Å². The first kappa shape index (κ1) is 19.9. The Bertz CT molecular complexity index is 792. The summed E-state index contributed by atoms with van der Waals surface area (Å²) in [5.74, 6) is -0.000266. The number of hydrogen-bond donors (Lipinski definition) is 2. The molecule has 2 amide bonds. The van der Waals surface area contributed by atoms with Gasteiger partial charge in [0, 0.05) is 29.9 Å². The topological polar surface area (TPSA) is 84.7 Å². The van der Waals surface area contributed by atoms with Gasteiger partial charge in [-0.2, -0.15) is 0 Å². The number of carbonyl (C=O) groups excluding carboxylic acids is 2. The minimum Gasteiger partial charge on any atom is -0.453 e. The van der Waals surface area contributed by atoms with Crippen molar-refractivity contribution < 1.29 is 14.3 Å². The Morgan fingerprint density at radius 1 is 1.07 bits per heavy atom. The van der Waals surface area contributed by atoms with E-state index in [2.05, 4.69) is 10.1 Å². The molecule has 0 aromatic heterocycles. The van der Waals surface area contributed by atoms with Crippen LogP contribution >= 0.6 is 0 Å². The lowest BCUT2D eigenvalue weighted by molar-refractivity contribution is 0.0583. The summed E-state index contributed by atoms with van der Waals surface area (Å²) in [7, 11) is 1.32. The minimum absolute atomic E-state index is 0.000266. The van der Waals surface area contributed by atoms with E-state index in [1.54, 1.807) is 12.1 Å². The highest BCUT2D eigenvalue weighted by Gasteiger charge is 2.31. The predicted octanol–water partition coefficient (Wildman–Crippen LogP) is 3.78. The average Bonchev–Trinajstić information content (AvgIpc) is 2.74. The molecular formula is C22H27N3O3. The number of carbonyl (C=O) groups is 2. The maximum absolute atomic E-state index is 13.2. The first-order valence-electron chi connectivity index (χ1n) is 9.64. The van der Waals surface area contributed by atoms with Gasteiger partial charge in [-0.1, -0.05) is 43.2 Å². The third-order valence-electron chi connectivity index (χ3n) is 5.20. The van der Waals surface area contributed by atoms with Gasteiger partial charge >= 0.3 is 6.09 Å². The quantitative estimate of drug-likeness (QED) is 0.825. The van der Waals surface area contributed by atoms with Gasteiger partial charge in [-0.05, 0) is 42.7 Å². The number of nitrogens with zero attached hydrogens (tertiary/aromatic N) is 1. The van der Waals surface area contributed by atoms with Crippen LogP contribution in [0.3, 0.4) is 0 Å². The molecule has 6 heteroatoms. The Morgan fingerprint density at radius 2 is 1.75 bits per heavy atom. The normalized spacial score (nSPS) is 18.9. The number of ether oxygens (including phenoxy) is 1. The van der Waals surface area contributed by atoms with Gasteiger partial charge < -0.3 is 15.4 Å². The molecule has 2 atom stereocenters. The highest BCUT2D eigenvalue weighted by atomic mass is 16.5. The molecule has 148 valence electrons. The van der Waals surface area contributed by atoms with Crippen molar-refractivity contribution in [3.8, 4) is 0 Å². The van der Waals surface area contributed by atoms with E-state index in [0.717, 1.165) is 31.2 Å². The number of nitrogens with two attached hydrogens (primary N) is 1. The van der Waals surface area contributed by atoms with Crippen LogP contribution in [0.15, 0.2) is 54.6 Å². The number of methoxy groups -OCH3 is 1. The van der Waals surface area contributed by atoms with Gasteiger partial charge in [-0.25, -0.2) is 4.79 Å². The van der Waals surface area contributed by atoms with E-state index in [4.69, 9.17) is 5.73 Å². The van der Waals surface area contributed by atoms with Gasteiger partial charge in [0.05, 0.1) is 7.11 Å². The molecule has 1 aliphatic carbocycles. The van der Waals surface area contributed by atoms with Crippen molar-refractivity contribution in [1.82, 2.24) is 4.90 Å². The SMILES string of the molecule is COC(=O)Nc1ccc(CN(C(=O)c2ccccc2)C2CCCCC2N)cc1. The smallest absolute Gasteiger partial charge is 0.411 e. The van der Waals surface area contributed by atoms with E-state index in [0.29, 0.717) is 17.8 Å². The lowest BCUT2D eigenvalue weighted by Crippen LogP contribution is -2.51. The van der Waals surface area contributed by atoms with Crippen LogP contribution in [-0.4, -0.2) is 36.1 Å². The van der Waals surface area contributed by atoms with Crippen molar-refractivity contribution in [3.63, 3.8) is 0 Å².